The van der Waals surface area contributed by atoms with Gasteiger partial charge < -0.3 is 0 Å². The van der Waals surface area contributed by atoms with Gasteiger partial charge in [-0.05, 0) is 38.9 Å². The predicted molar refractivity (Wildman–Crippen MR) is 103 cm³/mol. The Morgan fingerprint density at radius 1 is 0.792 bits per heavy atom. The van der Waals surface area contributed by atoms with Crippen molar-refractivity contribution in [1.82, 2.24) is 14.8 Å². The van der Waals surface area contributed by atoms with Crippen LogP contribution in [0.5, 0.6) is 0 Å². The van der Waals surface area contributed by atoms with E-state index in [9.17, 15) is 0 Å². The zero-order valence-electron chi connectivity index (χ0n) is 14.5. The Hall–Kier alpha value is -1.94. The Morgan fingerprint density at radius 3 is 1.92 bits per heavy atom. The third-order valence-electron chi connectivity index (χ3n) is 4.22. The molecule has 0 aliphatic carbocycles. The summed E-state index contributed by atoms with van der Waals surface area (Å²) in [6.45, 7) is 8.90. The van der Waals surface area contributed by atoms with Gasteiger partial charge in [-0.15, -0.1) is 10.2 Å². The monoisotopic (exact) mass is 383 g/mol. The van der Waals surface area contributed by atoms with Gasteiger partial charge in [-0.2, -0.15) is 0 Å². The van der Waals surface area contributed by atoms with Gasteiger partial charge in [0, 0.05) is 5.56 Å². The van der Waals surface area contributed by atoms with E-state index in [0.29, 0.717) is 11.8 Å². The molecule has 0 saturated carbocycles. The van der Waals surface area contributed by atoms with Crippen LogP contribution in [0.3, 0.4) is 0 Å². The van der Waals surface area contributed by atoms with Gasteiger partial charge in [0.25, 0.3) is 0 Å². The Labute approximate surface area is 151 Å². The lowest BCUT2D eigenvalue weighted by Gasteiger charge is -2.21. The van der Waals surface area contributed by atoms with Crippen LogP contribution in [-0.4, -0.2) is 14.8 Å². The van der Waals surface area contributed by atoms with Crippen molar-refractivity contribution in [2.45, 2.75) is 39.5 Å². The molecule has 0 radical (unpaired) electrons. The summed E-state index contributed by atoms with van der Waals surface area (Å²) in [5.41, 5.74) is 4.86. The molecular formula is C20H22BrN3. The molecule has 1 aromatic heterocycles. The quantitative estimate of drug-likeness (QED) is 0.557. The molecule has 0 spiro atoms. The number of hydrogen-bond acceptors (Lipinski definition) is 2. The second kappa shape index (κ2) is 6.89. The van der Waals surface area contributed by atoms with Gasteiger partial charge in [0.15, 0.2) is 5.82 Å². The molecule has 24 heavy (non-hydrogen) atoms. The first kappa shape index (κ1) is 16.9. The number of nitrogens with zero attached hydrogens (tertiary/aromatic N) is 3. The van der Waals surface area contributed by atoms with Gasteiger partial charge in [0.05, 0.1) is 5.69 Å². The molecule has 0 saturated heterocycles. The molecule has 124 valence electrons. The molecule has 0 N–H and O–H groups in total. The van der Waals surface area contributed by atoms with Crippen LogP contribution in [0.2, 0.25) is 0 Å². The molecule has 0 aliphatic heterocycles. The van der Waals surface area contributed by atoms with Crippen LogP contribution in [0.4, 0.5) is 0 Å². The molecule has 0 atom stereocenters. The van der Waals surface area contributed by atoms with E-state index in [4.69, 9.17) is 0 Å². The normalized spacial score (nSPS) is 11.5. The highest BCUT2D eigenvalue weighted by molar-refractivity contribution is 9.10. The lowest BCUT2D eigenvalue weighted by molar-refractivity contribution is 0.802. The van der Waals surface area contributed by atoms with Gasteiger partial charge in [0.1, 0.15) is 0 Å². The maximum atomic E-state index is 4.43. The molecule has 3 aromatic rings. The zero-order chi connectivity index (χ0) is 17.3. The summed E-state index contributed by atoms with van der Waals surface area (Å²) in [7, 11) is 0. The summed E-state index contributed by atoms with van der Waals surface area (Å²) < 4.78 is 2.87. The number of aromatic nitrogens is 3. The van der Waals surface area contributed by atoms with Crippen LogP contribution >= 0.6 is 15.9 Å². The fourth-order valence-corrected chi connectivity index (χ4v) is 3.43. The van der Waals surface area contributed by atoms with Gasteiger partial charge in [-0.1, -0.05) is 76.2 Å². The van der Waals surface area contributed by atoms with Crippen molar-refractivity contribution >= 4 is 15.9 Å². The Morgan fingerprint density at radius 2 is 1.38 bits per heavy atom. The summed E-state index contributed by atoms with van der Waals surface area (Å²) in [4.78, 5) is 0. The predicted octanol–water partition coefficient (Wildman–Crippen LogP) is 5.94. The fourth-order valence-electron chi connectivity index (χ4n) is 3.01. The average molecular weight is 384 g/mol. The summed E-state index contributed by atoms with van der Waals surface area (Å²) in [5.74, 6) is 1.69. The molecule has 0 amide bonds. The topological polar surface area (TPSA) is 30.7 Å². The van der Waals surface area contributed by atoms with Crippen LogP contribution in [0, 0.1) is 0 Å². The lowest BCUT2D eigenvalue weighted by atomic mass is 9.92. The summed E-state index contributed by atoms with van der Waals surface area (Å²) in [6, 6.07) is 16.8. The number of para-hydroxylation sites is 1. The summed E-state index contributed by atoms with van der Waals surface area (Å²) >= 11 is 3.61. The first-order valence-corrected chi connectivity index (χ1v) is 9.09. The highest BCUT2D eigenvalue weighted by Crippen LogP contribution is 2.35. The van der Waals surface area contributed by atoms with E-state index in [1.165, 1.54) is 16.8 Å². The van der Waals surface area contributed by atoms with E-state index in [1.807, 2.05) is 18.2 Å². The summed E-state index contributed by atoms with van der Waals surface area (Å²) in [6.07, 6.45) is 0. The first-order chi connectivity index (χ1) is 11.5. The molecule has 0 fully saturated rings. The van der Waals surface area contributed by atoms with Crippen molar-refractivity contribution in [2.24, 2.45) is 0 Å². The number of benzene rings is 2. The Bertz CT molecular complexity index is 809. The van der Waals surface area contributed by atoms with Crippen molar-refractivity contribution in [3.8, 4) is 17.1 Å². The SMILES string of the molecule is CC(C)c1cccc(C(C)C)c1-n1c(Br)nnc1-c1ccccc1. The minimum atomic E-state index is 0.414. The van der Waals surface area contributed by atoms with Gasteiger partial charge in [-0.3, -0.25) is 4.57 Å². The maximum Gasteiger partial charge on any atom is 0.205 e. The molecule has 2 aromatic carbocycles. The van der Waals surface area contributed by atoms with Crippen LogP contribution in [0.15, 0.2) is 53.3 Å². The molecule has 0 unspecified atom stereocenters. The minimum Gasteiger partial charge on any atom is -0.269 e. The van der Waals surface area contributed by atoms with Crippen LogP contribution in [0.25, 0.3) is 17.1 Å². The molecule has 1 heterocycles. The van der Waals surface area contributed by atoms with Crippen LogP contribution < -0.4 is 0 Å². The van der Waals surface area contributed by atoms with Crippen molar-refractivity contribution in [1.29, 1.82) is 0 Å². The highest BCUT2D eigenvalue weighted by Gasteiger charge is 2.21. The average Bonchev–Trinajstić information content (AvgIpc) is 2.96. The highest BCUT2D eigenvalue weighted by atomic mass is 79.9. The van der Waals surface area contributed by atoms with E-state index < -0.39 is 0 Å². The third-order valence-corrected chi connectivity index (χ3v) is 4.73. The zero-order valence-corrected chi connectivity index (χ0v) is 16.1. The summed E-state index contributed by atoms with van der Waals surface area (Å²) in [5, 5.41) is 8.73. The van der Waals surface area contributed by atoms with Crippen molar-refractivity contribution in [3.63, 3.8) is 0 Å². The van der Waals surface area contributed by atoms with E-state index in [-0.39, 0.29) is 0 Å². The van der Waals surface area contributed by atoms with Gasteiger partial charge in [-0.25, -0.2) is 0 Å². The van der Waals surface area contributed by atoms with Crippen molar-refractivity contribution in [2.75, 3.05) is 0 Å². The van der Waals surface area contributed by atoms with Crippen LogP contribution in [0.1, 0.15) is 50.7 Å². The largest absolute Gasteiger partial charge is 0.269 e. The smallest absolute Gasteiger partial charge is 0.205 e. The van der Waals surface area contributed by atoms with E-state index in [2.05, 4.69) is 88.7 Å². The molecule has 3 nitrogen and oxygen atoms in total. The lowest BCUT2D eigenvalue weighted by Crippen LogP contribution is -2.08. The molecule has 0 aliphatic rings. The van der Waals surface area contributed by atoms with Gasteiger partial charge in [0.2, 0.25) is 4.73 Å². The van der Waals surface area contributed by atoms with E-state index in [0.717, 1.165) is 16.1 Å². The first-order valence-electron chi connectivity index (χ1n) is 8.30. The fraction of sp³-hybridized carbons (Fsp3) is 0.300. The van der Waals surface area contributed by atoms with Crippen LogP contribution in [-0.2, 0) is 0 Å². The minimum absolute atomic E-state index is 0.414. The second-order valence-corrected chi connectivity index (χ2v) is 7.30. The standard InChI is InChI=1S/C20H22BrN3/c1-13(2)16-11-8-12-17(14(3)4)18(16)24-19(22-23-20(24)21)15-9-6-5-7-10-15/h5-14H,1-4H3. The number of hydrogen-bond donors (Lipinski definition) is 0. The number of halogens is 1. The second-order valence-electron chi connectivity index (χ2n) is 6.59. The molecule has 0 bridgehead atoms. The number of rotatable bonds is 4. The van der Waals surface area contributed by atoms with E-state index in [1.54, 1.807) is 0 Å². The molecule has 4 heteroatoms. The van der Waals surface area contributed by atoms with E-state index >= 15 is 0 Å². The molecule has 3 rings (SSSR count). The Kier molecular flexibility index (Phi) is 4.86. The third kappa shape index (κ3) is 3.03. The van der Waals surface area contributed by atoms with Crippen molar-refractivity contribution in [3.05, 3.63) is 64.4 Å². The Balaban J connectivity index is 2.33. The maximum absolute atomic E-state index is 4.43. The molecular weight excluding hydrogens is 362 g/mol. The van der Waals surface area contributed by atoms with Crippen molar-refractivity contribution < 1.29 is 0 Å². The van der Waals surface area contributed by atoms with Gasteiger partial charge >= 0.3 is 0 Å².